The number of amides is 1. The van der Waals surface area contributed by atoms with Crippen molar-refractivity contribution in [2.45, 2.75) is 63.5 Å². The molecule has 0 unspecified atom stereocenters. The Hall–Kier alpha value is -0.580. The predicted molar refractivity (Wildman–Crippen MR) is 63.5 cm³/mol. The Morgan fingerprint density at radius 2 is 1.44 bits per heavy atom. The van der Waals surface area contributed by atoms with E-state index in [1.807, 2.05) is 0 Å². The summed E-state index contributed by atoms with van der Waals surface area (Å²) in [5, 5.41) is -0.380. The molecule has 0 spiro atoms. The predicted octanol–water partition coefficient (Wildman–Crippen LogP) is 1.96. The highest BCUT2D eigenvalue weighted by Crippen LogP contribution is 2.21. The van der Waals surface area contributed by atoms with Gasteiger partial charge in [0, 0.05) is 6.92 Å². The molecule has 1 amide bonds. The van der Waals surface area contributed by atoms with Gasteiger partial charge in [-0.15, -0.1) is 0 Å². The molecule has 5 heteroatoms. The van der Waals surface area contributed by atoms with Crippen molar-refractivity contribution in [3.8, 4) is 0 Å². The van der Waals surface area contributed by atoms with E-state index in [2.05, 4.69) is 4.72 Å². The Morgan fingerprint density at radius 1 is 1.00 bits per heavy atom. The first kappa shape index (κ1) is 13.5. The molecule has 0 aromatic rings. The molecule has 1 aliphatic rings. The number of sulfonamides is 1. The average Bonchev–Trinajstić information content (AvgIpc) is 2.28. The molecule has 1 N–H and O–H groups in total. The second-order valence-electron chi connectivity index (χ2n) is 4.52. The fourth-order valence-electron chi connectivity index (χ4n) is 2.19. The van der Waals surface area contributed by atoms with Crippen LogP contribution in [0.4, 0.5) is 0 Å². The number of nitrogens with one attached hydrogen (secondary N) is 1. The molecule has 0 bridgehead atoms. The van der Waals surface area contributed by atoms with Gasteiger partial charge in [-0.3, -0.25) is 9.52 Å². The minimum atomic E-state index is -3.44. The minimum Gasteiger partial charge on any atom is -0.274 e. The lowest BCUT2D eigenvalue weighted by Crippen LogP contribution is -2.37. The molecule has 4 nitrogen and oxygen atoms in total. The highest BCUT2D eigenvalue weighted by molar-refractivity contribution is 7.90. The zero-order valence-electron chi connectivity index (χ0n) is 9.87. The fraction of sp³-hybridized carbons (Fsp3) is 0.909. The third-order valence-electron chi connectivity index (χ3n) is 3.03. The lowest BCUT2D eigenvalue weighted by atomic mass is 10.1. The molecule has 0 aliphatic heterocycles. The van der Waals surface area contributed by atoms with E-state index in [4.69, 9.17) is 0 Å². The molecule has 1 aliphatic carbocycles. The quantitative estimate of drug-likeness (QED) is 0.811. The van der Waals surface area contributed by atoms with Gasteiger partial charge >= 0.3 is 0 Å². The summed E-state index contributed by atoms with van der Waals surface area (Å²) in [6, 6.07) is 0. The van der Waals surface area contributed by atoms with Crippen LogP contribution in [0.5, 0.6) is 0 Å². The van der Waals surface area contributed by atoms with Crippen LogP contribution in [0, 0.1) is 0 Å². The van der Waals surface area contributed by atoms with E-state index in [0.717, 1.165) is 25.7 Å². The maximum atomic E-state index is 11.8. The zero-order valence-corrected chi connectivity index (χ0v) is 10.7. The van der Waals surface area contributed by atoms with Gasteiger partial charge in [-0.25, -0.2) is 8.42 Å². The first-order valence-electron chi connectivity index (χ1n) is 6.04. The van der Waals surface area contributed by atoms with E-state index in [-0.39, 0.29) is 5.25 Å². The third-order valence-corrected chi connectivity index (χ3v) is 4.95. The van der Waals surface area contributed by atoms with Crippen molar-refractivity contribution in [1.29, 1.82) is 0 Å². The van der Waals surface area contributed by atoms with Crippen molar-refractivity contribution in [3.63, 3.8) is 0 Å². The van der Waals surface area contributed by atoms with E-state index in [1.54, 1.807) is 0 Å². The number of carbonyl (C=O) groups is 1. The van der Waals surface area contributed by atoms with Crippen molar-refractivity contribution in [1.82, 2.24) is 4.72 Å². The van der Waals surface area contributed by atoms with Gasteiger partial charge < -0.3 is 0 Å². The molecular weight excluding hydrogens is 226 g/mol. The van der Waals surface area contributed by atoms with Crippen LogP contribution in [0.2, 0.25) is 0 Å². The lowest BCUT2D eigenvalue weighted by molar-refractivity contribution is -0.117. The Balaban J connectivity index is 2.63. The Bertz CT molecular complexity index is 314. The van der Waals surface area contributed by atoms with Gasteiger partial charge in [-0.2, -0.15) is 0 Å². The standard InChI is InChI=1S/C11H21NO3S/c1-10(13)12-16(14,15)11-8-6-4-2-3-5-7-9-11/h11H,2-9H2,1H3,(H,12,13). The fourth-order valence-corrected chi connectivity index (χ4v) is 3.71. The monoisotopic (exact) mass is 247 g/mol. The Morgan fingerprint density at radius 3 is 1.88 bits per heavy atom. The molecule has 0 heterocycles. The van der Waals surface area contributed by atoms with Crippen LogP contribution in [0.15, 0.2) is 0 Å². The van der Waals surface area contributed by atoms with E-state index in [1.165, 1.54) is 19.8 Å². The van der Waals surface area contributed by atoms with Crippen molar-refractivity contribution in [3.05, 3.63) is 0 Å². The largest absolute Gasteiger partial charge is 0.274 e. The highest BCUT2D eigenvalue weighted by atomic mass is 32.2. The second-order valence-corrected chi connectivity index (χ2v) is 6.48. The van der Waals surface area contributed by atoms with E-state index >= 15 is 0 Å². The molecule has 0 saturated heterocycles. The molecule has 94 valence electrons. The lowest BCUT2D eigenvalue weighted by Gasteiger charge is -2.16. The third kappa shape index (κ3) is 4.51. The van der Waals surface area contributed by atoms with Gasteiger partial charge in [-0.1, -0.05) is 38.5 Å². The summed E-state index contributed by atoms with van der Waals surface area (Å²) < 4.78 is 25.8. The first-order chi connectivity index (χ1) is 7.52. The summed E-state index contributed by atoms with van der Waals surface area (Å²) in [6.07, 6.45) is 7.87. The molecule has 1 saturated carbocycles. The maximum absolute atomic E-state index is 11.8. The van der Waals surface area contributed by atoms with Crippen molar-refractivity contribution in [2.75, 3.05) is 0 Å². The second kappa shape index (κ2) is 6.23. The van der Waals surface area contributed by atoms with Gasteiger partial charge in [0.25, 0.3) is 0 Å². The first-order valence-corrected chi connectivity index (χ1v) is 7.59. The van der Waals surface area contributed by atoms with Crippen LogP contribution in [0.25, 0.3) is 0 Å². The van der Waals surface area contributed by atoms with Gasteiger partial charge in [0.2, 0.25) is 15.9 Å². The normalized spacial score (nSPS) is 20.6. The number of rotatable bonds is 2. The van der Waals surface area contributed by atoms with Gasteiger partial charge in [0.05, 0.1) is 5.25 Å². The molecule has 1 rings (SSSR count). The van der Waals surface area contributed by atoms with Crippen LogP contribution in [0.1, 0.15) is 58.3 Å². The molecule has 0 radical (unpaired) electrons. The number of hydrogen-bond donors (Lipinski definition) is 1. The van der Waals surface area contributed by atoms with E-state index < -0.39 is 15.9 Å². The molecule has 1 fully saturated rings. The highest BCUT2D eigenvalue weighted by Gasteiger charge is 2.25. The van der Waals surface area contributed by atoms with Crippen molar-refractivity contribution >= 4 is 15.9 Å². The van der Waals surface area contributed by atoms with Crippen molar-refractivity contribution in [2.24, 2.45) is 0 Å². The van der Waals surface area contributed by atoms with Gasteiger partial charge in [0.1, 0.15) is 0 Å². The molecule has 16 heavy (non-hydrogen) atoms. The summed E-state index contributed by atoms with van der Waals surface area (Å²) in [7, 11) is -3.44. The van der Waals surface area contributed by atoms with Gasteiger partial charge in [0.15, 0.2) is 0 Å². The number of carbonyl (C=O) groups excluding carboxylic acids is 1. The smallest absolute Gasteiger partial charge is 0.237 e. The molecule has 0 atom stereocenters. The molecule has 0 aromatic carbocycles. The SMILES string of the molecule is CC(=O)NS(=O)(=O)C1CCCCCCCC1. The van der Waals surface area contributed by atoms with Crippen LogP contribution >= 0.6 is 0 Å². The summed E-state index contributed by atoms with van der Waals surface area (Å²) >= 11 is 0. The van der Waals surface area contributed by atoms with Crippen LogP contribution in [-0.2, 0) is 14.8 Å². The summed E-state index contributed by atoms with van der Waals surface area (Å²) in [6.45, 7) is 1.24. The molecule has 0 aromatic heterocycles. The molecular formula is C11H21NO3S. The van der Waals surface area contributed by atoms with Crippen LogP contribution < -0.4 is 4.72 Å². The maximum Gasteiger partial charge on any atom is 0.237 e. The average molecular weight is 247 g/mol. The van der Waals surface area contributed by atoms with Gasteiger partial charge in [-0.05, 0) is 12.8 Å². The topological polar surface area (TPSA) is 63.2 Å². The van der Waals surface area contributed by atoms with E-state index in [0.29, 0.717) is 12.8 Å². The van der Waals surface area contributed by atoms with Crippen molar-refractivity contribution < 1.29 is 13.2 Å². The Kier molecular flexibility index (Phi) is 5.25. The van der Waals surface area contributed by atoms with Crippen LogP contribution in [0.3, 0.4) is 0 Å². The summed E-state index contributed by atoms with van der Waals surface area (Å²) in [4.78, 5) is 10.8. The summed E-state index contributed by atoms with van der Waals surface area (Å²) in [5.74, 6) is -0.486. The zero-order chi connectivity index (χ0) is 12.0. The minimum absolute atomic E-state index is 0.380. The summed E-state index contributed by atoms with van der Waals surface area (Å²) in [5.41, 5.74) is 0. The van der Waals surface area contributed by atoms with Crippen LogP contribution in [-0.4, -0.2) is 19.6 Å². The van der Waals surface area contributed by atoms with E-state index in [9.17, 15) is 13.2 Å². The Labute approximate surface area is 97.9 Å². The number of hydrogen-bond acceptors (Lipinski definition) is 3.